The molecule has 5 heteroatoms. The van der Waals surface area contributed by atoms with Crippen LogP contribution in [0.5, 0.6) is 0 Å². The lowest BCUT2D eigenvalue weighted by molar-refractivity contribution is -0.556. The van der Waals surface area contributed by atoms with Crippen molar-refractivity contribution in [2.45, 2.75) is 42.6 Å². The molecule has 14 heavy (non-hydrogen) atoms. The first kappa shape index (κ1) is 12.5. The number of hydroxylamine groups is 1. The van der Waals surface area contributed by atoms with Crippen molar-refractivity contribution in [3.05, 3.63) is 5.21 Å². The molecule has 0 radical (unpaired) electrons. The zero-order chi connectivity index (χ0) is 11.3. The molecule has 0 amide bonds. The molecule has 3 nitrogen and oxygen atoms in total. The van der Waals surface area contributed by atoms with E-state index >= 15 is 0 Å². The molecule has 0 N–H and O–H groups in total. The van der Waals surface area contributed by atoms with Crippen LogP contribution in [0.15, 0.2) is 0 Å². The van der Waals surface area contributed by atoms with Crippen LogP contribution in [0.4, 0.5) is 0 Å². The maximum atomic E-state index is 12.1. The lowest BCUT2D eigenvalue weighted by Gasteiger charge is -2.32. The van der Waals surface area contributed by atoms with Crippen molar-refractivity contribution in [1.29, 1.82) is 0 Å². The summed E-state index contributed by atoms with van der Waals surface area (Å²) >= 11 is 6.82. The predicted molar refractivity (Wildman–Crippen MR) is 66.2 cm³/mol. The highest BCUT2D eigenvalue weighted by molar-refractivity contribution is 9.25. The van der Waals surface area contributed by atoms with Crippen molar-refractivity contribution in [3.8, 4) is 0 Å². The van der Waals surface area contributed by atoms with Gasteiger partial charge in [0, 0.05) is 13.8 Å². The summed E-state index contributed by atoms with van der Waals surface area (Å²) in [6, 6.07) is 0. The number of hydrogen-bond donors (Lipinski definition) is 0. The molecule has 1 heterocycles. The molecule has 0 bridgehead atoms. The Morgan fingerprint density at radius 1 is 1.29 bits per heavy atom. The van der Waals surface area contributed by atoms with Crippen LogP contribution in [0.3, 0.4) is 0 Å². The Balaban J connectivity index is 3.30. The van der Waals surface area contributed by atoms with E-state index in [9.17, 15) is 5.21 Å². The van der Waals surface area contributed by atoms with Gasteiger partial charge in [0.05, 0.1) is 0 Å². The summed E-state index contributed by atoms with van der Waals surface area (Å²) in [7, 11) is 1.97. The lowest BCUT2D eigenvalue weighted by Crippen LogP contribution is -2.51. The van der Waals surface area contributed by atoms with E-state index < -0.39 is 5.66 Å². The molecule has 0 spiro atoms. The Kier molecular flexibility index (Phi) is 3.08. The second kappa shape index (κ2) is 3.46. The molecule has 0 atom stereocenters. The largest absolute Gasteiger partial charge is 0.622 e. The van der Waals surface area contributed by atoms with E-state index in [4.69, 9.17) is 0 Å². The van der Waals surface area contributed by atoms with Gasteiger partial charge in [0.1, 0.15) is 5.54 Å². The maximum Gasteiger partial charge on any atom is 0.224 e. The third-order valence-electron chi connectivity index (χ3n) is 3.21. The number of hydrogen-bond acceptors (Lipinski definition) is 2. The van der Waals surface area contributed by atoms with Crippen LogP contribution in [0.1, 0.15) is 27.7 Å². The van der Waals surface area contributed by atoms with Crippen molar-refractivity contribution in [2.75, 3.05) is 7.05 Å². The van der Waals surface area contributed by atoms with Gasteiger partial charge in [-0.05, 0) is 20.9 Å². The number of nitrogens with zero attached hydrogens (tertiary/aromatic N) is 2. The second-order valence-electron chi connectivity index (χ2n) is 4.59. The number of rotatable bonds is 1. The van der Waals surface area contributed by atoms with Gasteiger partial charge in [-0.2, -0.15) is 4.74 Å². The second-order valence-corrected chi connectivity index (χ2v) is 7.65. The van der Waals surface area contributed by atoms with Crippen LogP contribution in [0.2, 0.25) is 0 Å². The predicted octanol–water partition coefficient (Wildman–Crippen LogP) is 2.51. The fourth-order valence-corrected chi connectivity index (χ4v) is 3.38. The topological polar surface area (TPSA) is 29.3 Å². The molecular formula is C9H16Br2N2O. The maximum absolute atomic E-state index is 12.1. The summed E-state index contributed by atoms with van der Waals surface area (Å²) in [6.07, 6.45) is 0. The van der Waals surface area contributed by atoms with Crippen LogP contribution >= 0.6 is 31.9 Å². The molecular weight excluding hydrogens is 312 g/mol. The molecule has 0 aromatic heterocycles. The molecule has 0 aromatic rings. The highest BCUT2D eigenvalue weighted by Gasteiger charge is 2.55. The summed E-state index contributed by atoms with van der Waals surface area (Å²) in [4.78, 5) is 2.08. The molecule has 0 unspecified atom stereocenters. The van der Waals surface area contributed by atoms with Crippen molar-refractivity contribution in [2.24, 2.45) is 0 Å². The average molecular weight is 328 g/mol. The SMILES string of the molecule is CN1C(C)(C)C(C(Br)Br)=[N+]([O-])C1(C)C. The summed E-state index contributed by atoms with van der Waals surface area (Å²) < 4.78 is 1.01. The van der Waals surface area contributed by atoms with E-state index in [0.717, 1.165) is 10.5 Å². The fourth-order valence-electron chi connectivity index (χ4n) is 1.89. The molecule has 0 saturated heterocycles. The molecule has 0 aliphatic carbocycles. The average Bonchev–Trinajstić information content (AvgIpc) is 2.10. The minimum atomic E-state index is -0.487. The van der Waals surface area contributed by atoms with Gasteiger partial charge in [-0.3, -0.25) is 0 Å². The molecule has 0 aromatic carbocycles. The number of alkyl halides is 2. The third-order valence-corrected chi connectivity index (χ3v) is 4.08. The Morgan fingerprint density at radius 2 is 1.71 bits per heavy atom. The Labute approximate surface area is 102 Å². The first-order valence-electron chi connectivity index (χ1n) is 4.50. The van der Waals surface area contributed by atoms with Gasteiger partial charge in [-0.25, -0.2) is 4.90 Å². The molecule has 1 rings (SSSR count). The van der Waals surface area contributed by atoms with Crippen LogP contribution in [-0.2, 0) is 0 Å². The van der Waals surface area contributed by atoms with Crippen LogP contribution in [0.25, 0.3) is 0 Å². The van der Waals surface area contributed by atoms with Crippen molar-refractivity contribution in [3.63, 3.8) is 0 Å². The van der Waals surface area contributed by atoms with E-state index in [1.807, 2.05) is 20.9 Å². The van der Waals surface area contributed by atoms with Crippen LogP contribution < -0.4 is 0 Å². The fraction of sp³-hybridized carbons (Fsp3) is 0.889. The van der Waals surface area contributed by atoms with Gasteiger partial charge >= 0.3 is 0 Å². The Hall–Kier alpha value is 0.390. The Bertz CT molecular complexity index is 285. The first-order chi connectivity index (χ1) is 6.13. The van der Waals surface area contributed by atoms with E-state index in [2.05, 4.69) is 50.6 Å². The van der Waals surface area contributed by atoms with Gasteiger partial charge < -0.3 is 5.21 Å². The van der Waals surface area contributed by atoms with E-state index in [0.29, 0.717) is 0 Å². The van der Waals surface area contributed by atoms with E-state index in [-0.39, 0.29) is 9.28 Å². The molecule has 82 valence electrons. The summed E-state index contributed by atoms with van der Waals surface area (Å²) in [5, 5.41) is 12.1. The minimum Gasteiger partial charge on any atom is -0.622 e. The van der Waals surface area contributed by atoms with E-state index in [1.54, 1.807) is 0 Å². The molecule has 1 aliphatic heterocycles. The third kappa shape index (κ3) is 1.53. The van der Waals surface area contributed by atoms with Gasteiger partial charge in [-0.15, -0.1) is 0 Å². The van der Waals surface area contributed by atoms with Gasteiger partial charge in [0.2, 0.25) is 11.4 Å². The lowest BCUT2D eigenvalue weighted by atomic mass is 9.98. The van der Waals surface area contributed by atoms with Crippen molar-refractivity contribution >= 4 is 37.6 Å². The Morgan fingerprint density at radius 3 is 1.86 bits per heavy atom. The van der Waals surface area contributed by atoms with Gasteiger partial charge in [0.15, 0.2) is 3.74 Å². The smallest absolute Gasteiger partial charge is 0.224 e. The summed E-state index contributed by atoms with van der Waals surface area (Å²) in [6.45, 7) is 7.96. The van der Waals surface area contributed by atoms with Gasteiger partial charge in [0.25, 0.3) is 0 Å². The van der Waals surface area contributed by atoms with Crippen molar-refractivity contribution in [1.82, 2.24) is 4.90 Å². The molecule has 0 saturated carbocycles. The monoisotopic (exact) mass is 326 g/mol. The molecule has 0 fully saturated rings. The van der Waals surface area contributed by atoms with Crippen LogP contribution in [-0.4, -0.2) is 37.3 Å². The quantitative estimate of drug-likeness (QED) is 0.421. The highest BCUT2D eigenvalue weighted by Crippen LogP contribution is 2.36. The standard InChI is InChI=1S/C9H16Br2N2O/c1-8(2)6(7(10)11)13(14)9(3,4)12(8)5/h7H,1-5H3. The van der Waals surface area contributed by atoms with Gasteiger partial charge in [-0.1, -0.05) is 31.9 Å². The summed E-state index contributed by atoms with van der Waals surface area (Å²) in [5.74, 6) is 0. The number of halogens is 2. The van der Waals surface area contributed by atoms with E-state index in [1.165, 1.54) is 0 Å². The first-order valence-corrected chi connectivity index (χ1v) is 6.33. The normalized spacial score (nSPS) is 26.3. The minimum absolute atomic E-state index is 0.0771. The van der Waals surface area contributed by atoms with Crippen LogP contribution in [0, 0.1) is 5.21 Å². The van der Waals surface area contributed by atoms with Crippen molar-refractivity contribution < 1.29 is 4.74 Å². The molecule has 1 aliphatic rings. The zero-order valence-electron chi connectivity index (χ0n) is 9.14. The summed E-state index contributed by atoms with van der Waals surface area (Å²) in [5.41, 5.74) is 0.0895. The highest BCUT2D eigenvalue weighted by atomic mass is 79.9. The zero-order valence-corrected chi connectivity index (χ0v) is 12.3.